The number of anilines is 2. The molecule has 3 heterocycles. The molecule has 1 aromatic carbocycles. The highest BCUT2D eigenvalue weighted by atomic mass is 32.2. The number of ether oxygens (including phenoxy) is 1. The van der Waals surface area contributed by atoms with Gasteiger partial charge in [0, 0.05) is 18.9 Å². The van der Waals surface area contributed by atoms with Gasteiger partial charge in [-0.25, -0.2) is 18.4 Å². The summed E-state index contributed by atoms with van der Waals surface area (Å²) in [5, 5.41) is 3.04. The molecule has 0 aliphatic carbocycles. The monoisotopic (exact) mass is 412 g/mol. The van der Waals surface area contributed by atoms with Crippen LogP contribution in [-0.4, -0.2) is 46.3 Å². The van der Waals surface area contributed by atoms with Crippen LogP contribution in [0.3, 0.4) is 0 Å². The summed E-state index contributed by atoms with van der Waals surface area (Å²) < 4.78 is 33.4. The van der Waals surface area contributed by atoms with Crippen molar-refractivity contribution in [2.24, 2.45) is 0 Å². The standard InChI is InChI=1S/C19H20N6O3S/c1-28-16-6-2-3-7-17(16)29(26,27)25-10-4-5-15(25)14-11-21-13-19(23-14)24-18-12-20-8-9-22-18/h2-3,6-9,11-13,15H,4-5,10H2,1H3,(H,22,23,24). The summed E-state index contributed by atoms with van der Waals surface area (Å²) in [5.74, 6) is 1.33. The quantitative estimate of drug-likeness (QED) is 0.658. The second-order valence-electron chi connectivity index (χ2n) is 6.47. The molecule has 1 aliphatic heterocycles. The maximum atomic E-state index is 13.3. The molecule has 1 aliphatic rings. The summed E-state index contributed by atoms with van der Waals surface area (Å²) in [7, 11) is -2.29. The highest BCUT2D eigenvalue weighted by Gasteiger charge is 2.38. The Bertz CT molecular complexity index is 1090. The molecule has 2 aromatic heterocycles. The predicted octanol–water partition coefficient (Wildman–Crippen LogP) is 2.54. The van der Waals surface area contributed by atoms with E-state index in [0.717, 1.165) is 6.42 Å². The number of nitrogens with zero attached hydrogens (tertiary/aromatic N) is 5. The largest absolute Gasteiger partial charge is 0.495 e. The van der Waals surface area contributed by atoms with Crippen LogP contribution in [0.1, 0.15) is 24.6 Å². The minimum atomic E-state index is -3.75. The predicted molar refractivity (Wildman–Crippen MR) is 106 cm³/mol. The molecule has 0 saturated carbocycles. The van der Waals surface area contributed by atoms with Crippen molar-refractivity contribution >= 4 is 21.7 Å². The molecule has 9 nitrogen and oxygen atoms in total. The van der Waals surface area contributed by atoms with E-state index < -0.39 is 16.1 Å². The number of aromatic nitrogens is 4. The van der Waals surface area contributed by atoms with Gasteiger partial charge in [0.25, 0.3) is 0 Å². The first kappa shape index (κ1) is 19.2. The van der Waals surface area contributed by atoms with Crippen molar-refractivity contribution in [3.8, 4) is 5.75 Å². The lowest BCUT2D eigenvalue weighted by atomic mass is 10.2. The van der Waals surface area contributed by atoms with Crippen LogP contribution < -0.4 is 10.1 Å². The molecule has 1 N–H and O–H groups in total. The summed E-state index contributed by atoms with van der Waals surface area (Å²) in [5.41, 5.74) is 0.579. The van der Waals surface area contributed by atoms with Gasteiger partial charge in [0.1, 0.15) is 22.3 Å². The van der Waals surface area contributed by atoms with E-state index in [1.54, 1.807) is 55.2 Å². The molecule has 10 heteroatoms. The van der Waals surface area contributed by atoms with Crippen molar-refractivity contribution in [1.29, 1.82) is 0 Å². The van der Waals surface area contributed by atoms with E-state index in [9.17, 15) is 8.42 Å². The van der Waals surface area contributed by atoms with E-state index in [1.165, 1.54) is 11.4 Å². The van der Waals surface area contributed by atoms with E-state index in [2.05, 4.69) is 25.3 Å². The summed E-state index contributed by atoms with van der Waals surface area (Å²) >= 11 is 0. The Morgan fingerprint density at radius 1 is 1.10 bits per heavy atom. The Hall–Kier alpha value is -3.11. The van der Waals surface area contributed by atoms with Gasteiger partial charge in [-0.1, -0.05) is 12.1 Å². The van der Waals surface area contributed by atoms with Crippen LogP contribution in [0.25, 0.3) is 0 Å². The highest BCUT2D eigenvalue weighted by molar-refractivity contribution is 7.89. The van der Waals surface area contributed by atoms with Gasteiger partial charge in [0.05, 0.1) is 37.4 Å². The van der Waals surface area contributed by atoms with Gasteiger partial charge >= 0.3 is 0 Å². The summed E-state index contributed by atoms with van der Waals surface area (Å²) in [6.45, 7) is 0.411. The van der Waals surface area contributed by atoms with Gasteiger partial charge in [-0.2, -0.15) is 4.31 Å². The van der Waals surface area contributed by atoms with Crippen LogP contribution >= 0.6 is 0 Å². The van der Waals surface area contributed by atoms with Gasteiger partial charge in [0.2, 0.25) is 10.0 Å². The summed E-state index contributed by atoms with van der Waals surface area (Å²) in [4.78, 5) is 17.1. The highest BCUT2D eigenvalue weighted by Crippen LogP contribution is 2.38. The van der Waals surface area contributed by atoms with E-state index in [0.29, 0.717) is 36.0 Å². The first-order valence-electron chi connectivity index (χ1n) is 9.09. The maximum Gasteiger partial charge on any atom is 0.247 e. The number of benzene rings is 1. The van der Waals surface area contributed by atoms with Crippen LogP contribution in [0.2, 0.25) is 0 Å². The molecule has 1 fully saturated rings. The third-order valence-corrected chi connectivity index (χ3v) is 6.62. The molecule has 0 bridgehead atoms. The smallest absolute Gasteiger partial charge is 0.247 e. The molecule has 150 valence electrons. The van der Waals surface area contributed by atoms with Crippen molar-refractivity contribution in [2.45, 2.75) is 23.8 Å². The zero-order valence-electron chi connectivity index (χ0n) is 15.8. The first-order chi connectivity index (χ1) is 14.1. The van der Waals surface area contributed by atoms with Gasteiger partial charge in [0.15, 0.2) is 0 Å². The first-order valence-corrected chi connectivity index (χ1v) is 10.5. The van der Waals surface area contributed by atoms with E-state index in [4.69, 9.17) is 4.74 Å². The Kier molecular flexibility index (Phi) is 5.36. The molecular formula is C19H20N6O3S. The number of methoxy groups -OCH3 is 1. The topological polar surface area (TPSA) is 110 Å². The fraction of sp³-hybridized carbons (Fsp3) is 0.263. The Balaban J connectivity index is 1.64. The van der Waals surface area contributed by atoms with E-state index >= 15 is 0 Å². The zero-order chi connectivity index (χ0) is 20.3. The lowest BCUT2D eigenvalue weighted by Gasteiger charge is -2.24. The lowest BCUT2D eigenvalue weighted by molar-refractivity contribution is 0.377. The average molecular weight is 412 g/mol. The molecule has 0 spiro atoms. The fourth-order valence-electron chi connectivity index (χ4n) is 3.38. The van der Waals surface area contributed by atoms with Gasteiger partial charge in [-0.3, -0.25) is 9.97 Å². The van der Waals surface area contributed by atoms with Crippen molar-refractivity contribution in [3.05, 3.63) is 60.9 Å². The Morgan fingerprint density at radius 3 is 2.72 bits per heavy atom. The van der Waals surface area contributed by atoms with Crippen LogP contribution in [0.15, 0.2) is 60.1 Å². The molecule has 1 atom stereocenters. The molecule has 1 unspecified atom stereocenters. The number of sulfonamides is 1. The minimum absolute atomic E-state index is 0.149. The second kappa shape index (κ2) is 8.10. The molecule has 3 aromatic rings. The number of nitrogens with one attached hydrogen (secondary N) is 1. The van der Waals surface area contributed by atoms with Crippen LogP contribution in [-0.2, 0) is 10.0 Å². The zero-order valence-corrected chi connectivity index (χ0v) is 16.6. The van der Waals surface area contributed by atoms with Crippen molar-refractivity contribution < 1.29 is 13.2 Å². The summed E-state index contributed by atoms with van der Waals surface area (Å²) in [6.07, 6.45) is 9.28. The third-order valence-electron chi connectivity index (χ3n) is 4.67. The SMILES string of the molecule is COc1ccccc1S(=O)(=O)N1CCCC1c1cncc(Nc2cnccn2)n1. The van der Waals surface area contributed by atoms with E-state index in [-0.39, 0.29) is 4.90 Å². The van der Waals surface area contributed by atoms with Crippen LogP contribution in [0.4, 0.5) is 11.6 Å². The van der Waals surface area contributed by atoms with Crippen molar-refractivity contribution in [2.75, 3.05) is 19.0 Å². The number of hydrogen-bond acceptors (Lipinski definition) is 8. The molecule has 4 rings (SSSR count). The average Bonchev–Trinajstić information content (AvgIpc) is 3.26. The van der Waals surface area contributed by atoms with Gasteiger partial charge < -0.3 is 10.1 Å². The fourth-order valence-corrected chi connectivity index (χ4v) is 5.21. The summed E-state index contributed by atoms with van der Waals surface area (Å²) in [6, 6.07) is 6.23. The molecule has 0 radical (unpaired) electrons. The van der Waals surface area contributed by atoms with Gasteiger partial charge in [-0.15, -0.1) is 0 Å². The molecular weight excluding hydrogens is 392 g/mol. The Labute approximate surface area is 168 Å². The normalized spacial score (nSPS) is 17.2. The van der Waals surface area contributed by atoms with Gasteiger partial charge in [-0.05, 0) is 25.0 Å². The molecule has 0 amide bonds. The van der Waals surface area contributed by atoms with Crippen LogP contribution in [0.5, 0.6) is 5.75 Å². The maximum absolute atomic E-state index is 13.3. The number of rotatable bonds is 6. The number of hydrogen-bond donors (Lipinski definition) is 1. The molecule has 1 saturated heterocycles. The van der Waals surface area contributed by atoms with Crippen molar-refractivity contribution in [1.82, 2.24) is 24.2 Å². The Morgan fingerprint density at radius 2 is 1.93 bits per heavy atom. The van der Waals surface area contributed by atoms with Crippen LogP contribution in [0, 0.1) is 0 Å². The molecule has 29 heavy (non-hydrogen) atoms. The minimum Gasteiger partial charge on any atom is -0.495 e. The number of para-hydroxylation sites is 1. The lowest BCUT2D eigenvalue weighted by Crippen LogP contribution is -2.31. The third kappa shape index (κ3) is 3.89. The second-order valence-corrected chi connectivity index (χ2v) is 8.33. The van der Waals surface area contributed by atoms with Crippen molar-refractivity contribution in [3.63, 3.8) is 0 Å². The van der Waals surface area contributed by atoms with E-state index in [1.807, 2.05) is 0 Å².